The number of hydrogen-bond acceptors (Lipinski definition) is 4. The van der Waals surface area contributed by atoms with Crippen LogP contribution in [0.25, 0.3) is 0 Å². The summed E-state index contributed by atoms with van der Waals surface area (Å²) in [4.78, 5) is 30.8. The second-order valence-electron chi connectivity index (χ2n) is 11.6. The summed E-state index contributed by atoms with van der Waals surface area (Å²) in [5, 5.41) is 3.51. The Morgan fingerprint density at radius 1 is 1.02 bits per heavy atom. The fourth-order valence-electron chi connectivity index (χ4n) is 6.60. The minimum Gasteiger partial charge on any atom is -0.449 e. The van der Waals surface area contributed by atoms with Gasteiger partial charge in [-0.25, -0.2) is 4.79 Å². The van der Waals surface area contributed by atoms with Gasteiger partial charge < -0.3 is 15.0 Å². The molecule has 1 aliphatic carbocycles. The Morgan fingerprint density at radius 3 is 2.55 bits per heavy atom. The van der Waals surface area contributed by atoms with Crippen LogP contribution in [-0.4, -0.2) is 48.1 Å². The minimum absolute atomic E-state index is 0.267. The van der Waals surface area contributed by atoms with Crippen LogP contribution in [0.1, 0.15) is 86.1 Å². The van der Waals surface area contributed by atoms with Crippen LogP contribution in [0.15, 0.2) is 33.3 Å². The van der Waals surface area contributed by atoms with E-state index in [9.17, 15) is 9.59 Å². The molecule has 2 fully saturated rings. The number of ether oxygens (including phenoxy) is 1. The van der Waals surface area contributed by atoms with Gasteiger partial charge in [0, 0.05) is 58.1 Å². The number of halogens is 3. The fraction of sp³-hybridized carbons (Fsp3) is 0.581. The predicted molar refractivity (Wildman–Crippen MR) is 165 cm³/mol. The van der Waals surface area contributed by atoms with Crippen molar-refractivity contribution in [2.75, 3.05) is 26.2 Å². The van der Waals surface area contributed by atoms with Crippen LogP contribution in [0.2, 0.25) is 5.02 Å². The Morgan fingerprint density at radius 2 is 1.77 bits per heavy atom. The first-order chi connectivity index (χ1) is 19.4. The molecule has 2 amide bonds. The van der Waals surface area contributed by atoms with E-state index in [-0.39, 0.29) is 17.9 Å². The molecule has 0 saturated carbocycles. The van der Waals surface area contributed by atoms with Crippen LogP contribution in [0.5, 0.6) is 0 Å². The lowest BCUT2D eigenvalue weighted by Gasteiger charge is -2.32. The van der Waals surface area contributed by atoms with E-state index in [1.165, 1.54) is 35.2 Å². The average Bonchev–Trinajstić information content (AvgIpc) is 3.09. The molecular formula is C31H38Br2ClN3O3. The predicted octanol–water partition coefficient (Wildman–Crippen LogP) is 7.82. The molecule has 2 aliphatic heterocycles. The molecule has 2 aromatic rings. The molecule has 6 nitrogen and oxygen atoms in total. The molecule has 3 heterocycles. The number of unbranched alkanes of at least 4 members (excludes halogenated alkanes) is 1. The maximum absolute atomic E-state index is 12.7. The normalized spacial score (nSPS) is 21.2. The van der Waals surface area contributed by atoms with Gasteiger partial charge in [0.15, 0.2) is 0 Å². The Hall–Kier alpha value is -1.64. The number of aromatic nitrogens is 1. The lowest BCUT2D eigenvalue weighted by Crippen LogP contribution is -2.39. The number of carbonyl (C=O) groups excluding carboxylic acids is 2. The van der Waals surface area contributed by atoms with E-state index >= 15 is 0 Å². The molecule has 0 bridgehead atoms. The van der Waals surface area contributed by atoms with E-state index in [4.69, 9.17) is 21.3 Å². The highest BCUT2D eigenvalue weighted by molar-refractivity contribution is 9.10. The number of piperidine rings is 1. The van der Waals surface area contributed by atoms with Crippen LogP contribution >= 0.6 is 43.5 Å². The third kappa shape index (κ3) is 7.60. The molecule has 9 heteroatoms. The molecule has 3 aliphatic rings. The van der Waals surface area contributed by atoms with Crippen molar-refractivity contribution in [1.82, 2.24) is 15.2 Å². The zero-order valence-electron chi connectivity index (χ0n) is 22.9. The van der Waals surface area contributed by atoms with Crippen molar-refractivity contribution < 1.29 is 14.3 Å². The van der Waals surface area contributed by atoms with Crippen molar-refractivity contribution in [3.63, 3.8) is 0 Å². The zero-order valence-corrected chi connectivity index (χ0v) is 26.8. The summed E-state index contributed by atoms with van der Waals surface area (Å²) in [6.07, 6.45) is 12.7. The molecule has 5 rings (SSSR count). The largest absolute Gasteiger partial charge is 0.449 e. The quantitative estimate of drug-likeness (QED) is 0.272. The number of rotatable bonds is 9. The third-order valence-corrected chi connectivity index (χ3v) is 10.1. The van der Waals surface area contributed by atoms with E-state index in [2.05, 4.69) is 54.2 Å². The number of fused-ring (bicyclic) bond motifs is 2. The maximum Gasteiger partial charge on any atom is 0.407 e. The number of hydrogen-bond donors (Lipinski definition) is 1. The monoisotopic (exact) mass is 693 g/mol. The molecule has 40 heavy (non-hydrogen) atoms. The molecular weight excluding hydrogens is 658 g/mol. The van der Waals surface area contributed by atoms with Gasteiger partial charge in [-0.2, -0.15) is 0 Å². The van der Waals surface area contributed by atoms with Gasteiger partial charge in [0.2, 0.25) is 5.91 Å². The highest BCUT2D eigenvalue weighted by atomic mass is 79.9. The highest BCUT2D eigenvalue weighted by Crippen LogP contribution is 2.42. The smallest absolute Gasteiger partial charge is 0.407 e. The van der Waals surface area contributed by atoms with Crippen molar-refractivity contribution in [2.24, 2.45) is 11.8 Å². The van der Waals surface area contributed by atoms with Gasteiger partial charge in [0.05, 0.1) is 12.3 Å². The summed E-state index contributed by atoms with van der Waals surface area (Å²) >= 11 is 13.9. The summed E-state index contributed by atoms with van der Waals surface area (Å²) in [6.45, 7) is 2.87. The SMILES string of the molecule is O=C1NCC(CCCC(=O)N2CCC(CCCCC3c4ncc(Br)cc4CCc4cc(Cl)cc(Br)c43)CC2)CO1. The van der Waals surface area contributed by atoms with Gasteiger partial charge in [0.1, 0.15) is 0 Å². The highest BCUT2D eigenvalue weighted by Gasteiger charge is 2.28. The van der Waals surface area contributed by atoms with Crippen molar-refractivity contribution in [3.8, 4) is 0 Å². The van der Waals surface area contributed by atoms with Crippen molar-refractivity contribution in [2.45, 2.75) is 76.5 Å². The molecule has 0 spiro atoms. The summed E-state index contributed by atoms with van der Waals surface area (Å²) in [5.74, 6) is 1.55. The minimum atomic E-state index is -0.334. The van der Waals surface area contributed by atoms with Gasteiger partial charge >= 0.3 is 6.09 Å². The zero-order chi connectivity index (χ0) is 28.1. The molecule has 216 valence electrons. The van der Waals surface area contributed by atoms with Crippen LogP contribution in [0.3, 0.4) is 0 Å². The van der Waals surface area contributed by atoms with Crippen molar-refractivity contribution >= 4 is 55.5 Å². The first-order valence-corrected chi connectivity index (χ1v) is 16.6. The number of alkyl carbamates (subject to hydrolysis) is 1. The average molecular weight is 696 g/mol. The summed E-state index contributed by atoms with van der Waals surface area (Å²) in [5.41, 5.74) is 5.21. The molecule has 1 aromatic heterocycles. The van der Waals surface area contributed by atoms with Gasteiger partial charge in [-0.15, -0.1) is 0 Å². The first kappa shape index (κ1) is 29.8. The summed E-state index contributed by atoms with van der Waals surface area (Å²) in [6, 6.07) is 6.39. The van der Waals surface area contributed by atoms with E-state index < -0.39 is 0 Å². The Bertz CT molecular complexity index is 1210. The van der Waals surface area contributed by atoms with Crippen molar-refractivity contribution in [3.05, 3.63) is 60.7 Å². The summed E-state index contributed by atoms with van der Waals surface area (Å²) in [7, 11) is 0. The molecule has 2 atom stereocenters. The van der Waals surface area contributed by atoms with Gasteiger partial charge in [0.25, 0.3) is 0 Å². The lowest BCUT2D eigenvalue weighted by molar-refractivity contribution is -0.132. The number of pyridine rings is 1. The topological polar surface area (TPSA) is 71.5 Å². The van der Waals surface area contributed by atoms with Crippen molar-refractivity contribution in [1.29, 1.82) is 0 Å². The summed E-state index contributed by atoms with van der Waals surface area (Å²) < 4.78 is 7.17. The van der Waals surface area contributed by atoms with Gasteiger partial charge in [-0.05, 0) is 102 Å². The number of benzene rings is 1. The molecule has 2 unspecified atom stereocenters. The Kier molecular flexibility index (Phi) is 10.5. The molecule has 0 radical (unpaired) electrons. The Labute approximate surface area is 259 Å². The number of carbonyl (C=O) groups is 2. The van der Waals surface area contributed by atoms with Crippen LogP contribution in [0, 0.1) is 11.8 Å². The molecule has 2 saturated heterocycles. The number of amides is 2. The van der Waals surface area contributed by atoms with Crippen LogP contribution in [0.4, 0.5) is 4.79 Å². The second kappa shape index (κ2) is 14.0. The number of aryl methyl sites for hydroxylation is 2. The second-order valence-corrected chi connectivity index (χ2v) is 13.8. The van der Waals surface area contributed by atoms with E-state index in [1.54, 1.807) is 0 Å². The first-order valence-electron chi connectivity index (χ1n) is 14.7. The molecule has 1 aromatic carbocycles. The number of likely N-dealkylation sites (tertiary alicyclic amines) is 1. The Balaban J connectivity index is 1.08. The van der Waals surface area contributed by atoms with Crippen LogP contribution in [-0.2, 0) is 22.4 Å². The van der Waals surface area contributed by atoms with Gasteiger partial charge in [-0.1, -0.05) is 46.8 Å². The standard InChI is InChI=1S/C31H38Br2ClN3O3/c32-24-14-23-9-8-22-15-25(34)16-27(33)29(22)26(30(23)35-18-24)6-2-1-4-20-10-12-37(13-11-20)28(38)7-3-5-21-17-36-31(39)40-19-21/h14-16,18,20-21,26H,1-13,17,19H2,(H,36,39). The van der Waals surface area contributed by atoms with E-state index in [0.29, 0.717) is 31.4 Å². The lowest BCUT2D eigenvalue weighted by atomic mass is 9.85. The van der Waals surface area contributed by atoms with E-state index in [1.807, 2.05) is 12.3 Å². The number of nitrogens with one attached hydrogen (secondary N) is 1. The van der Waals surface area contributed by atoms with Crippen LogP contribution < -0.4 is 5.32 Å². The number of nitrogens with zero attached hydrogens (tertiary/aromatic N) is 2. The maximum atomic E-state index is 12.7. The van der Waals surface area contributed by atoms with E-state index in [0.717, 1.165) is 78.4 Å². The third-order valence-electron chi connectivity index (χ3n) is 8.80. The van der Waals surface area contributed by atoms with Gasteiger partial charge in [-0.3, -0.25) is 9.78 Å². The number of cyclic esters (lactones) is 1. The molecule has 1 N–H and O–H groups in total. The fourth-order valence-corrected chi connectivity index (χ4v) is 8.13.